The van der Waals surface area contributed by atoms with E-state index in [0.717, 1.165) is 11.3 Å². The van der Waals surface area contributed by atoms with E-state index in [9.17, 15) is 23.2 Å². The lowest BCUT2D eigenvalue weighted by Crippen LogP contribution is -2.59. The third-order valence-corrected chi connectivity index (χ3v) is 8.88. The zero-order valence-corrected chi connectivity index (χ0v) is 24.5. The number of carbonyl (C=O) groups is 3. The number of ether oxygens (including phenoxy) is 1. The molecule has 3 aliphatic rings. The van der Waals surface area contributed by atoms with Gasteiger partial charge in [0.15, 0.2) is 5.78 Å². The summed E-state index contributed by atoms with van der Waals surface area (Å²) < 4.78 is 33.7. The maximum atomic E-state index is 14.6. The molecule has 3 aliphatic heterocycles. The van der Waals surface area contributed by atoms with Crippen LogP contribution in [0.4, 0.5) is 25.0 Å². The largest absolute Gasteiger partial charge is 0.382 e. The number of amides is 3. The number of anilines is 2. The van der Waals surface area contributed by atoms with E-state index < -0.39 is 22.6 Å². The van der Waals surface area contributed by atoms with Crippen molar-refractivity contribution in [2.75, 3.05) is 63.2 Å². The van der Waals surface area contributed by atoms with Gasteiger partial charge in [-0.15, -0.1) is 0 Å². The van der Waals surface area contributed by atoms with E-state index in [-0.39, 0.29) is 42.9 Å². The van der Waals surface area contributed by atoms with Crippen molar-refractivity contribution < 1.29 is 27.9 Å². The molecule has 2 aromatic carbocycles. The van der Waals surface area contributed by atoms with Crippen LogP contribution in [0.2, 0.25) is 0 Å². The highest BCUT2D eigenvalue weighted by Crippen LogP contribution is 2.42. The summed E-state index contributed by atoms with van der Waals surface area (Å²) in [5.41, 5.74) is 0.972. The number of fused-ring (bicyclic) bond motifs is 1. The zero-order valence-electron chi connectivity index (χ0n) is 24.5. The van der Waals surface area contributed by atoms with Gasteiger partial charge in [0.2, 0.25) is 5.91 Å². The summed E-state index contributed by atoms with van der Waals surface area (Å²) in [4.78, 5) is 44.4. The van der Waals surface area contributed by atoms with Crippen LogP contribution >= 0.6 is 0 Å². The Morgan fingerprint density at radius 1 is 1.00 bits per heavy atom. The fourth-order valence-electron chi connectivity index (χ4n) is 6.12. The number of ketones is 1. The molecular weight excluding hydrogens is 544 g/mol. The van der Waals surface area contributed by atoms with Gasteiger partial charge in [-0.05, 0) is 62.6 Å². The molecule has 11 heteroatoms. The second-order valence-corrected chi connectivity index (χ2v) is 12.1. The van der Waals surface area contributed by atoms with Crippen LogP contribution in [0, 0.1) is 17.0 Å². The van der Waals surface area contributed by atoms with Gasteiger partial charge in [-0.25, -0.2) is 13.6 Å². The predicted octanol–water partition coefficient (Wildman–Crippen LogP) is 4.03. The number of carbonyl (C=O) groups excluding carboxylic acids is 3. The molecule has 3 heterocycles. The number of nitrogens with zero attached hydrogens (tertiary/aromatic N) is 3. The molecule has 9 nitrogen and oxygen atoms in total. The molecule has 0 atom stereocenters. The van der Waals surface area contributed by atoms with Crippen molar-refractivity contribution in [2.24, 2.45) is 5.41 Å². The minimum atomic E-state index is -0.741. The molecular formula is C31H39F2N5O4. The third kappa shape index (κ3) is 6.06. The molecule has 0 aromatic heterocycles. The number of Topliss-reactive ketones (excluding diaryl/α,β-unsaturated/α-hetero) is 1. The van der Waals surface area contributed by atoms with E-state index in [0.29, 0.717) is 57.8 Å². The van der Waals surface area contributed by atoms with Gasteiger partial charge in [0.1, 0.15) is 11.6 Å². The zero-order chi connectivity index (χ0) is 30.1. The Kier molecular flexibility index (Phi) is 8.41. The number of morpholine rings is 1. The minimum absolute atomic E-state index is 0.00710. The van der Waals surface area contributed by atoms with Gasteiger partial charge in [0.25, 0.3) is 0 Å². The van der Waals surface area contributed by atoms with Crippen molar-refractivity contribution >= 4 is 29.1 Å². The van der Waals surface area contributed by atoms with E-state index >= 15 is 0 Å². The van der Waals surface area contributed by atoms with Crippen LogP contribution in [0.1, 0.15) is 49.0 Å². The van der Waals surface area contributed by atoms with Crippen LogP contribution in [0.3, 0.4) is 0 Å². The SMILES string of the molecule is CN1c2ccc(F)cc2C(=O)CC12CCN(C(=O)NCc1ccc(F)c(NCC(C)(C)C(=O)N3CCOCC3)c1)CC2. The Labute approximate surface area is 245 Å². The standard InChI is InChI=1S/C31H39F2N5O4/c1-30(2,28(40)37-12-14-42-15-13-37)20-35-25-16-21(4-6-24(25)33)19-34-29(41)38-10-8-31(9-11-38)18-27(39)23-17-22(32)5-7-26(23)36(31)3/h4-7,16-17,35H,8-15,18-20H2,1-3H3,(H,34,41). The average Bonchev–Trinajstić information content (AvgIpc) is 2.99. The molecule has 5 rings (SSSR count). The van der Waals surface area contributed by atoms with Crippen LogP contribution in [-0.2, 0) is 16.1 Å². The first kappa shape index (κ1) is 29.8. The topological polar surface area (TPSA) is 94.2 Å². The second-order valence-electron chi connectivity index (χ2n) is 12.1. The number of halogens is 2. The van der Waals surface area contributed by atoms with Crippen molar-refractivity contribution in [1.82, 2.24) is 15.1 Å². The summed E-state index contributed by atoms with van der Waals surface area (Å²) >= 11 is 0. The summed E-state index contributed by atoms with van der Waals surface area (Å²) in [6, 6.07) is 8.71. The molecule has 0 aliphatic carbocycles. The Bertz CT molecular complexity index is 1350. The van der Waals surface area contributed by atoms with Gasteiger partial charge in [-0.2, -0.15) is 0 Å². The summed E-state index contributed by atoms with van der Waals surface area (Å²) in [6.07, 6.45) is 1.52. The number of benzene rings is 2. The van der Waals surface area contributed by atoms with Gasteiger partial charge in [-0.3, -0.25) is 9.59 Å². The average molecular weight is 584 g/mol. The molecule has 2 N–H and O–H groups in total. The first-order valence-corrected chi connectivity index (χ1v) is 14.5. The Morgan fingerprint density at radius 2 is 1.71 bits per heavy atom. The predicted molar refractivity (Wildman–Crippen MR) is 156 cm³/mol. The molecule has 2 fully saturated rings. The Morgan fingerprint density at radius 3 is 2.43 bits per heavy atom. The first-order chi connectivity index (χ1) is 20.0. The van der Waals surface area contributed by atoms with Gasteiger partial charge in [0.05, 0.1) is 29.9 Å². The van der Waals surface area contributed by atoms with Crippen molar-refractivity contribution in [1.29, 1.82) is 0 Å². The summed E-state index contributed by atoms with van der Waals surface area (Å²) in [5, 5.41) is 6.01. The molecule has 226 valence electrons. The number of rotatable bonds is 6. The lowest BCUT2D eigenvalue weighted by molar-refractivity contribution is -0.143. The molecule has 42 heavy (non-hydrogen) atoms. The molecule has 1 spiro atoms. The molecule has 0 unspecified atom stereocenters. The molecule has 0 radical (unpaired) electrons. The van der Waals surface area contributed by atoms with Crippen LogP contribution in [-0.4, -0.2) is 86.0 Å². The summed E-state index contributed by atoms with van der Waals surface area (Å²) in [6.45, 7) is 7.22. The van der Waals surface area contributed by atoms with Crippen molar-refractivity contribution in [3.8, 4) is 0 Å². The van der Waals surface area contributed by atoms with Gasteiger partial charge >= 0.3 is 6.03 Å². The molecule has 2 aromatic rings. The Hall–Kier alpha value is -3.73. The van der Waals surface area contributed by atoms with Gasteiger partial charge in [-0.1, -0.05) is 6.07 Å². The fraction of sp³-hybridized carbons (Fsp3) is 0.516. The number of hydrogen-bond acceptors (Lipinski definition) is 6. The Balaban J connectivity index is 1.14. The number of likely N-dealkylation sites (tertiary alicyclic amines) is 1. The van der Waals surface area contributed by atoms with Gasteiger partial charge < -0.3 is 30.1 Å². The lowest BCUT2D eigenvalue weighted by atomic mass is 9.77. The fourth-order valence-corrected chi connectivity index (χ4v) is 6.12. The molecule has 0 bridgehead atoms. The van der Waals surface area contributed by atoms with Crippen LogP contribution in [0.5, 0.6) is 0 Å². The maximum Gasteiger partial charge on any atom is 0.317 e. The summed E-state index contributed by atoms with van der Waals surface area (Å²) in [5.74, 6) is -0.941. The smallest absolute Gasteiger partial charge is 0.317 e. The van der Waals surface area contributed by atoms with E-state index in [4.69, 9.17) is 4.74 Å². The normalized spacial score (nSPS) is 18.6. The second kappa shape index (κ2) is 11.9. The molecule has 3 amide bonds. The summed E-state index contributed by atoms with van der Waals surface area (Å²) in [7, 11) is 1.93. The highest BCUT2D eigenvalue weighted by Gasteiger charge is 2.45. The van der Waals surface area contributed by atoms with Crippen LogP contribution in [0.25, 0.3) is 0 Å². The quantitative estimate of drug-likeness (QED) is 0.534. The van der Waals surface area contributed by atoms with Crippen molar-refractivity contribution in [2.45, 2.75) is 45.2 Å². The van der Waals surface area contributed by atoms with Crippen molar-refractivity contribution in [3.63, 3.8) is 0 Å². The lowest BCUT2D eigenvalue weighted by Gasteiger charge is -2.50. The number of urea groups is 1. The molecule has 0 saturated carbocycles. The van der Waals surface area contributed by atoms with Crippen molar-refractivity contribution in [3.05, 3.63) is 59.2 Å². The highest BCUT2D eigenvalue weighted by molar-refractivity contribution is 6.04. The maximum absolute atomic E-state index is 14.6. The van der Waals surface area contributed by atoms with Gasteiger partial charge in [0, 0.05) is 64.0 Å². The van der Waals surface area contributed by atoms with E-state index in [2.05, 4.69) is 15.5 Å². The number of nitrogens with one attached hydrogen (secondary N) is 2. The highest BCUT2D eigenvalue weighted by atomic mass is 19.1. The van der Waals surface area contributed by atoms with Crippen LogP contribution in [0.15, 0.2) is 36.4 Å². The van der Waals surface area contributed by atoms with Crippen LogP contribution < -0.4 is 15.5 Å². The number of hydrogen-bond donors (Lipinski definition) is 2. The monoisotopic (exact) mass is 583 g/mol. The minimum Gasteiger partial charge on any atom is -0.382 e. The number of piperidine rings is 1. The van der Waals surface area contributed by atoms with E-state index in [1.54, 1.807) is 28.0 Å². The van der Waals surface area contributed by atoms with E-state index in [1.165, 1.54) is 18.2 Å². The third-order valence-electron chi connectivity index (χ3n) is 8.88. The first-order valence-electron chi connectivity index (χ1n) is 14.5. The van der Waals surface area contributed by atoms with E-state index in [1.807, 2.05) is 20.9 Å². The molecule has 2 saturated heterocycles.